The first kappa shape index (κ1) is 28.8. The van der Waals surface area contributed by atoms with Crippen molar-refractivity contribution in [2.24, 2.45) is 5.16 Å². The number of hydrogen-bond acceptors (Lipinski definition) is 7. The molecule has 1 fully saturated rings. The number of allylic oxidation sites excluding steroid dienone is 1. The number of hydrogen-bond donors (Lipinski definition) is 0. The molecule has 216 valence electrons. The fraction of sp³-hybridized carbons (Fsp3) is 0.333. The van der Waals surface area contributed by atoms with E-state index in [0.717, 1.165) is 43.2 Å². The summed E-state index contributed by atoms with van der Waals surface area (Å²) in [6.45, 7) is 0.502. The first-order chi connectivity index (χ1) is 19.6. The average molecular weight is 588 g/mol. The number of ether oxygens (including phenoxy) is 2. The molecule has 1 saturated heterocycles. The summed E-state index contributed by atoms with van der Waals surface area (Å²) in [5.74, 6) is 0.0858. The molecule has 2 aliphatic rings. The number of carbonyl (C=O) groups is 1. The third-order valence-corrected chi connectivity index (χ3v) is 8.19. The minimum atomic E-state index is -4.63. The highest BCUT2D eigenvalue weighted by Crippen LogP contribution is 2.33. The Labute approximate surface area is 235 Å². The molecular weight excluding hydrogens is 559 g/mol. The van der Waals surface area contributed by atoms with Crippen LogP contribution in [0.4, 0.5) is 13.2 Å². The zero-order valence-electron chi connectivity index (χ0n) is 22.0. The lowest BCUT2D eigenvalue weighted by Gasteiger charge is -2.21. The van der Waals surface area contributed by atoms with Gasteiger partial charge in [-0.2, -0.15) is 21.6 Å². The number of alkyl halides is 3. The molecule has 0 saturated carbocycles. The molecule has 0 radical (unpaired) electrons. The van der Waals surface area contributed by atoms with Gasteiger partial charge < -0.3 is 9.47 Å². The van der Waals surface area contributed by atoms with Gasteiger partial charge in [0.25, 0.3) is 0 Å². The topological polar surface area (TPSA) is 91.3 Å². The molecule has 5 rings (SSSR count). The molecule has 11 heteroatoms. The first-order valence-electron chi connectivity index (χ1n) is 13.3. The highest BCUT2D eigenvalue weighted by Gasteiger charge is 2.31. The van der Waals surface area contributed by atoms with E-state index in [4.69, 9.17) is 13.8 Å². The number of rotatable bonds is 9. The summed E-state index contributed by atoms with van der Waals surface area (Å²) >= 11 is 0. The fourth-order valence-electron chi connectivity index (χ4n) is 4.92. The molecule has 2 unspecified atom stereocenters. The molecule has 0 amide bonds. The van der Waals surface area contributed by atoms with Gasteiger partial charge in [0, 0.05) is 30.4 Å². The normalized spacial score (nSPS) is 19.8. The monoisotopic (exact) mass is 587 g/mol. The minimum Gasteiger partial charge on any atom is -0.489 e. The van der Waals surface area contributed by atoms with Gasteiger partial charge in [0.05, 0.1) is 11.7 Å². The fourth-order valence-corrected chi connectivity index (χ4v) is 5.66. The third kappa shape index (κ3) is 6.79. The molecular formula is C30H28F3NO6S. The van der Waals surface area contributed by atoms with E-state index < -0.39 is 32.5 Å². The Hall–Kier alpha value is -3.70. The predicted molar refractivity (Wildman–Crippen MR) is 146 cm³/mol. The van der Waals surface area contributed by atoms with Crippen LogP contribution in [0.1, 0.15) is 54.4 Å². The molecule has 0 bridgehead atoms. The second-order valence-corrected chi connectivity index (χ2v) is 11.5. The summed E-state index contributed by atoms with van der Waals surface area (Å²) in [5.41, 5.74) is -0.902. The van der Waals surface area contributed by atoms with Gasteiger partial charge >= 0.3 is 16.3 Å². The highest BCUT2D eigenvalue weighted by molar-refractivity contribution is 7.86. The van der Waals surface area contributed by atoms with E-state index in [1.807, 2.05) is 12.1 Å². The summed E-state index contributed by atoms with van der Waals surface area (Å²) in [4.78, 5) is 13.3. The summed E-state index contributed by atoms with van der Waals surface area (Å²) in [5, 5.41) is 5.07. The average Bonchev–Trinajstić information content (AvgIpc) is 3.49. The lowest BCUT2D eigenvalue weighted by Crippen LogP contribution is -2.22. The third-order valence-electron chi connectivity index (χ3n) is 7.07. The van der Waals surface area contributed by atoms with Crippen molar-refractivity contribution in [2.75, 3.05) is 6.61 Å². The van der Waals surface area contributed by atoms with Crippen LogP contribution in [0, 0.1) is 0 Å². The van der Waals surface area contributed by atoms with Gasteiger partial charge in [0.2, 0.25) is 5.78 Å². The molecule has 41 heavy (non-hydrogen) atoms. The molecule has 1 aliphatic heterocycles. The lowest BCUT2D eigenvalue weighted by molar-refractivity contribution is -0.137. The zero-order valence-corrected chi connectivity index (χ0v) is 22.8. The zero-order chi connectivity index (χ0) is 29.0. The van der Waals surface area contributed by atoms with E-state index in [0.29, 0.717) is 36.3 Å². The quantitative estimate of drug-likeness (QED) is 0.118. The van der Waals surface area contributed by atoms with Gasteiger partial charge in [-0.3, -0.25) is 9.08 Å². The van der Waals surface area contributed by atoms with Gasteiger partial charge in [-0.25, -0.2) is 0 Å². The number of benzene rings is 3. The molecule has 0 N–H and O–H groups in total. The Bertz CT molecular complexity index is 1580. The van der Waals surface area contributed by atoms with E-state index in [-0.39, 0.29) is 29.9 Å². The van der Waals surface area contributed by atoms with Crippen molar-refractivity contribution in [3.63, 3.8) is 0 Å². The van der Waals surface area contributed by atoms with Crippen LogP contribution in [0.25, 0.3) is 10.8 Å². The van der Waals surface area contributed by atoms with Crippen LogP contribution in [-0.4, -0.2) is 38.7 Å². The number of halogens is 3. The molecule has 2 atom stereocenters. The predicted octanol–water partition coefficient (Wildman–Crippen LogP) is 6.86. The van der Waals surface area contributed by atoms with Gasteiger partial charge in [-0.15, -0.1) is 0 Å². The van der Waals surface area contributed by atoms with Crippen LogP contribution in [0.5, 0.6) is 5.75 Å². The number of fused-ring (bicyclic) bond motifs is 1. The Balaban J connectivity index is 1.45. The van der Waals surface area contributed by atoms with E-state index in [1.54, 1.807) is 24.3 Å². The molecule has 1 aliphatic carbocycles. The van der Waals surface area contributed by atoms with Crippen molar-refractivity contribution in [3.8, 4) is 5.75 Å². The van der Waals surface area contributed by atoms with Crippen LogP contribution >= 0.6 is 0 Å². The van der Waals surface area contributed by atoms with Gasteiger partial charge in [0.15, 0.2) is 0 Å². The van der Waals surface area contributed by atoms with E-state index in [1.165, 1.54) is 0 Å². The number of Topliss-reactive ketones (excluding diaryl/α,β-unsaturated/α-hetero) is 1. The molecule has 0 spiro atoms. The Morgan fingerprint density at radius 1 is 0.976 bits per heavy atom. The van der Waals surface area contributed by atoms with Gasteiger partial charge in [-0.1, -0.05) is 41.6 Å². The smallest absolute Gasteiger partial charge is 0.416 e. The Morgan fingerprint density at radius 3 is 2.39 bits per heavy atom. The molecule has 3 aromatic carbocycles. The lowest BCUT2D eigenvalue weighted by atomic mass is 9.95. The summed E-state index contributed by atoms with van der Waals surface area (Å²) < 4.78 is 81.0. The van der Waals surface area contributed by atoms with E-state index in [9.17, 15) is 26.4 Å². The SMILES string of the molecule is O=C(/C(CC1CCCO1)=N/OS(=O)(=O)c1ccc(C(F)(F)F)cc1)c1ccc(OC2CC=CCC2)c2ccccc12. The standard InChI is InChI=1S/C30H28F3NO6S/c31-30(32,33)20-12-14-23(15-13-20)41(36,37)40-34-27(19-22-9-6-18-38-22)29(35)26-16-17-28(25-11-5-4-10-24(25)26)39-21-7-2-1-3-8-21/h1-2,4-5,10-17,21-22H,3,6-9,18-19H2/b34-27+. The van der Waals surface area contributed by atoms with Crippen molar-refractivity contribution in [3.05, 3.63) is 83.9 Å². The summed E-state index contributed by atoms with van der Waals surface area (Å²) in [7, 11) is -4.61. The maximum Gasteiger partial charge on any atom is 0.416 e. The minimum absolute atomic E-state index is 0.00233. The maximum atomic E-state index is 13.8. The van der Waals surface area contributed by atoms with Crippen LogP contribution in [-0.2, 0) is 25.3 Å². The second-order valence-electron chi connectivity index (χ2n) is 9.94. The van der Waals surface area contributed by atoms with Crippen molar-refractivity contribution in [1.29, 1.82) is 0 Å². The number of ketones is 1. The Morgan fingerprint density at radius 2 is 1.73 bits per heavy atom. The van der Waals surface area contributed by atoms with E-state index >= 15 is 0 Å². The van der Waals surface area contributed by atoms with E-state index in [2.05, 4.69) is 17.3 Å². The van der Waals surface area contributed by atoms with Gasteiger partial charge in [0.1, 0.15) is 22.5 Å². The van der Waals surface area contributed by atoms with Crippen LogP contribution in [0.2, 0.25) is 0 Å². The number of oxime groups is 1. The van der Waals surface area contributed by atoms with Crippen molar-refractivity contribution in [2.45, 2.75) is 61.8 Å². The van der Waals surface area contributed by atoms with Crippen molar-refractivity contribution >= 4 is 32.4 Å². The molecule has 1 heterocycles. The van der Waals surface area contributed by atoms with Gasteiger partial charge in [-0.05, 0) is 67.5 Å². The second kappa shape index (κ2) is 12.0. The molecule has 3 aromatic rings. The molecule has 0 aromatic heterocycles. The Kier molecular flexibility index (Phi) is 8.46. The highest BCUT2D eigenvalue weighted by atomic mass is 32.2. The number of nitrogens with zero attached hydrogens (tertiary/aromatic N) is 1. The van der Waals surface area contributed by atoms with Crippen LogP contribution < -0.4 is 4.74 Å². The summed E-state index contributed by atoms with van der Waals surface area (Å²) in [6.07, 6.45) is 3.28. The number of carbonyl (C=O) groups excluding carboxylic acids is 1. The van der Waals surface area contributed by atoms with Crippen LogP contribution in [0.15, 0.2) is 82.9 Å². The first-order valence-corrected chi connectivity index (χ1v) is 14.7. The van der Waals surface area contributed by atoms with Crippen molar-refractivity contribution < 1.29 is 40.1 Å². The largest absolute Gasteiger partial charge is 0.489 e. The molecule has 7 nitrogen and oxygen atoms in total. The van der Waals surface area contributed by atoms with Crippen molar-refractivity contribution in [1.82, 2.24) is 0 Å². The maximum absolute atomic E-state index is 13.8. The van der Waals surface area contributed by atoms with Crippen LogP contribution in [0.3, 0.4) is 0 Å². The summed E-state index contributed by atoms with van der Waals surface area (Å²) in [6, 6.07) is 13.4.